The van der Waals surface area contributed by atoms with Crippen molar-refractivity contribution in [3.05, 3.63) is 108 Å². The van der Waals surface area contributed by atoms with Crippen LogP contribution in [0.2, 0.25) is 0 Å². The van der Waals surface area contributed by atoms with Crippen molar-refractivity contribution in [2.24, 2.45) is 0 Å². The maximum absolute atomic E-state index is 13.7. The van der Waals surface area contributed by atoms with E-state index in [1.807, 2.05) is 30.3 Å². The minimum absolute atomic E-state index is 0.155. The molecule has 0 bridgehead atoms. The molecule has 4 nitrogen and oxygen atoms in total. The molecule has 2 N–H and O–H groups in total. The summed E-state index contributed by atoms with van der Waals surface area (Å²) in [7, 11) is 1.68. The highest BCUT2D eigenvalue weighted by atomic mass is 32.2. The van der Waals surface area contributed by atoms with Crippen LogP contribution in [0, 0.1) is 11.6 Å². The number of benzene rings is 4. The average molecular weight is 689 g/mol. The SMILES string of the molecule is COc1ccccc1Sc1ccc(F)cc1C1CCNCC1.Fc1ccc(Sc2ccc(OC(F)(F)F)cc2)c(C2CCNCC2)c1. The van der Waals surface area contributed by atoms with Crippen LogP contribution in [0.15, 0.2) is 105 Å². The van der Waals surface area contributed by atoms with E-state index in [0.717, 1.165) is 88.3 Å². The summed E-state index contributed by atoms with van der Waals surface area (Å²) < 4.78 is 73.4. The molecular weight excluding hydrogens is 652 g/mol. The van der Waals surface area contributed by atoms with E-state index in [-0.39, 0.29) is 23.3 Å². The van der Waals surface area contributed by atoms with Crippen LogP contribution in [0.25, 0.3) is 0 Å². The Morgan fingerprint density at radius 1 is 0.638 bits per heavy atom. The number of methoxy groups -OCH3 is 1. The highest BCUT2D eigenvalue weighted by Crippen LogP contribution is 2.41. The average Bonchev–Trinajstić information content (AvgIpc) is 3.08. The molecule has 0 amide bonds. The van der Waals surface area contributed by atoms with E-state index in [9.17, 15) is 22.0 Å². The minimum atomic E-state index is -4.70. The number of hydrogen-bond donors (Lipinski definition) is 2. The molecule has 11 heteroatoms. The van der Waals surface area contributed by atoms with E-state index in [2.05, 4.69) is 15.4 Å². The fraction of sp³-hybridized carbons (Fsp3) is 0.333. The second-order valence-corrected chi connectivity index (χ2v) is 13.5. The molecule has 0 unspecified atom stereocenters. The van der Waals surface area contributed by atoms with Crippen molar-refractivity contribution in [1.29, 1.82) is 0 Å². The molecule has 0 radical (unpaired) electrons. The van der Waals surface area contributed by atoms with E-state index in [0.29, 0.717) is 5.92 Å². The monoisotopic (exact) mass is 688 g/mol. The summed E-state index contributed by atoms with van der Waals surface area (Å²) in [6.45, 7) is 3.80. The van der Waals surface area contributed by atoms with Gasteiger partial charge >= 0.3 is 6.36 Å². The van der Waals surface area contributed by atoms with Crippen LogP contribution in [0.5, 0.6) is 11.5 Å². The van der Waals surface area contributed by atoms with Crippen molar-refractivity contribution >= 4 is 23.5 Å². The lowest BCUT2D eigenvalue weighted by Gasteiger charge is -2.25. The predicted molar refractivity (Wildman–Crippen MR) is 177 cm³/mol. The van der Waals surface area contributed by atoms with Gasteiger partial charge in [-0.2, -0.15) is 0 Å². The first-order valence-corrected chi connectivity index (χ1v) is 17.2. The summed E-state index contributed by atoms with van der Waals surface area (Å²) in [4.78, 5) is 3.89. The molecule has 0 spiro atoms. The molecule has 0 saturated carbocycles. The predicted octanol–water partition coefficient (Wildman–Crippen LogP) is 9.79. The molecule has 250 valence electrons. The smallest absolute Gasteiger partial charge is 0.496 e. The quantitative estimate of drug-likeness (QED) is 0.180. The molecule has 0 atom stereocenters. The van der Waals surface area contributed by atoms with Gasteiger partial charge in [-0.15, -0.1) is 13.2 Å². The van der Waals surface area contributed by atoms with Crippen LogP contribution in [-0.4, -0.2) is 39.7 Å². The van der Waals surface area contributed by atoms with Gasteiger partial charge in [0.05, 0.1) is 12.0 Å². The van der Waals surface area contributed by atoms with E-state index < -0.39 is 6.36 Å². The zero-order valence-corrected chi connectivity index (χ0v) is 27.6. The summed E-state index contributed by atoms with van der Waals surface area (Å²) in [5.74, 6) is 0.883. The second kappa shape index (κ2) is 16.7. The fourth-order valence-electron chi connectivity index (χ4n) is 5.79. The van der Waals surface area contributed by atoms with Gasteiger partial charge < -0.3 is 20.1 Å². The molecular formula is C36H37F5N2O2S2. The van der Waals surface area contributed by atoms with Crippen molar-refractivity contribution in [2.45, 2.75) is 63.5 Å². The highest BCUT2D eigenvalue weighted by Gasteiger charge is 2.31. The van der Waals surface area contributed by atoms with Gasteiger partial charge in [0.15, 0.2) is 0 Å². The molecule has 6 rings (SSSR count). The van der Waals surface area contributed by atoms with Gasteiger partial charge in [-0.3, -0.25) is 0 Å². The van der Waals surface area contributed by atoms with Crippen molar-refractivity contribution in [2.75, 3.05) is 33.3 Å². The Morgan fingerprint density at radius 2 is 1.15 bits per heavy atom. The van der Waals surface area contributed by atoms with E-state index in [4.69, 9.17) is 4.74 Å². The van der Waals surface area contributed by atoms with E-state index >= 15 is 0 Å². The van der Waals surface area contributed by atoms with Gasteiger partial charge in [-0.1, -0.05) is 35.7 Å². The molecule has 0 aliphatic carbocycles. The topological polar surface area (TPSA) is 42.5 Å². The summed E-state index contributed by atoms with van der Waals surface area (Å²) >= 11 is 3.08. The number of ether oxygens (including phenoxy) is 2. The third-order valence-electron chi connectivity index (χ3n) is 8.08. The van der Waals surface area contributed by atoms with Gasteiger partial charge in [-0.05, 0) is 148 Å². The summed E-state index contributed by atoms with van der Waals surface area (Å²) in [5.41, 5.74) is 2.08. The first kappa shape index (κ1) is 35.1. The van der Waals surface area contributed by atoms with Crippen LogP contribution < -0.4 is 20.1 Å². The molecule has 2 aliphatic heterocycles. The molecule has 2 saturated heterocycles. The zero-order chi connectivity index (χ0) is 33.2. The highest BCUT2D eigenvalue weighted by molar-refractivity contribution is 7.99. The summed E-state index contributed by atoms with van der Waals surface area (Å²) in [6, 6.07) is 23.5. The van der Waals surface area contributed by atoms with Crippen LogP contribution in [-0.2, 0) is 0 Å². The Hall–Kier alpha value is -3.25. The largest absolute Gasteiger partial charge is 0.573 e. The summed E-state index contributed by atoms with van der Waals surface area (Å²) in [6.07, 6.45) is -0.704. The van der Waals surface area contributed by atoms with Crippen LogP contribution in [0.1, 0.15) is 48.6 Å². The maximum Gasteiger partial charge on any atom is 0.573 e. The number of piperidine rings is 2. The standard InChI is InChI=1S/C18H17F4NOS.C18H20FNOS/c19-13-1-6-17(16(11-13)12-7-9-23-10-8-12)25-15-4-2-14(3-5-15)24-18(20,21)22;1-21-16-4-2-3-5-18(16)22-17-7-6-14(19)12-15(17)13-8-10-20-11-9-13/h1-6,11-12,23H,7-10H2;2-7,12-13,20H,8-11H2,1H3. The Morgan fingerprint density at radius 3 is 1.66 bits per heavy atom. The molecule has 4 aromatic rings. The lowest BCUT2D eigenvalue weighted by atomic mass is 9.90. The Bertz CT molecular complexity index is 1590. The molecule has 2 aliphatic rings. The lowest BCUT2D eigenvalue weighted by Crippen LogP contribution is -2.26. The van der Waals surface area contributed by atoms with E-state index in [1.54, 1.807) is 55.3 Å². The molecule has 4 aromatic carbocycles. The van der Waals surface area contributed by atoms with E-state index in [1.165, 1.54) is 30.0 Å². The van der Waals surface area contributed by atoms with Crippen molar-refractivity contribution in [3.8, 4) is 11.5 Å². The molecule has 2 heterocycles. The van der Waals surface area contributed by atoms with Gasteiger partial charge in [0, 0.05) is 14.7 Å². The van der Waals surface area contributed by atoms with Crippen molar-refractivity contribution in [3.63, 3.8) is 0 Å². The first-order chi connectivity index (χ1) is 22.7. The zero-order valence-electron chi connectivity index (χ0n) is 25.9. The number of rotatable bonds is 8. The Kier molecular flexibility index (Phi) is 12.5. The third-order valence-corrected chi connectivity index (χ3v) is 10.3. The van der Waals surface area contributed by atoms with Crippen LogP contribution in [0.3, 0.4) is 0 Å². The number of halogens is 5. The second-order valence-electron chi connectivity index (χ2n) is 11.3. The van der Waals surface area contributed by atoms with Gasteiger partial charge in [0.2, 0.25) is 0 Å². The molecule has 2 fully saturated rings. The van der Waals surface area contributed by atoms with Crippen molar-refractivity contribution < 1.29 is 31.4 Å². The van der Waals surface area contributed by atoms with Crippen LogP contribution in [0.4, 0.5) is 22.0 Å². The summed E-state index contributed by atoms with van der Waals surface area (Å²) in [5, 5.41) is 6.65. The van der Waals surface area contributed by atoms with Gasteiger partial charge in [0.1, 0.15) is 23.1 Å². The minimum Gasteiger partial charge on any atom is -0.496 e. The normalized spacial score (nSPS) is 15.9. The van der Waals surface area contributed by atoms with Gasteiger partial charge in [0.25, 0.3) is 0 Å². The van der Waals surface area contributed by atoms with Crippen molar-refractivity contribution in [1.82, 2.24) is 10.6 Å². The maximum atomic E-state index is 13.7. The lowest BCUT2D eigenvalue weighted by molar-refractivity contribution is -0.274. The Balaban J connectivity index is 0.000000186. The number of nitrogens with one attached hydrogen (secondary N) is 2. The van der Waals surface area contributed by atoms with Crippen LogP contribution >= 0.6 is 23.5 Å². The first-order valence-electron chi connectivity index (χ1n) is 15.5. The third kappa shape index (κ3) is 10.4. The molecule has 0 aromatic heterocycles. The molecule has 47 heavy (non-hydrogen) atoms. The Labute approximate surface area is 280 Å². The number of para-hydroxylation sites is 1. The number of alkyl halides is 3. The fourth-order valence-corrected chi connectivity index (χ4v) is 7.91. The number of hydrogen-bond acceptors (Lipinski definition) is 6. The van der Waals surface area contributed by atoms with Gasteiger partial charge in [-0.25, -0.2) is 8.78 Å².